The number of urea groups is 2. The summed E-state index contributed by atoms with van der Waals surface area (Å²) in [6, 6.07) is -1.16. The van der Waals surface area contributed by atoms with E-state index < -0.39 is 23.9 Å². The predicted molar refractivity (Wildman–Crippen MR) is 109 cm³/mol. The zero-order valence-electron chi connectivity index (χ0n) is 17.7. The molecule has 6 amide bonds. The second kappa shape index (κ2) is 8.16. The summed E-state index contributed by atoms with van der Waals surface area (Å²) in [4.78, 5) is 53.8. The summed E-state index contributed by atoms with van der Waals surface area (Å²) in [6.45, 7) is 2.19. The SMILES string of the molecule is CCCCN1C(=O)C(=C(N)N)C(=O)N(C2CCC3(CC2)CC(N(C)C(N)=O)C3)C1=O. The molecule has 10 heteroatoms. The summed E-state index contributed by atoms with van der Waals surface area (Å²) in [5.74, 6) is -1.76. The summed E-state index contributed by atoms with van der Waals surface area (Å²) in [6.07, 6.45) is 6.19. The van der Waals surface area contributed by atoms with E-state index in [1.165, 1.54) is 4.90 Å². The van der Waals surface area contributed by atoms with Crippen molar-refractivity contribution in [3.05, 3.63) is 11.4 Å². The lowest BCUT2D eigenvalue weighted by atomic mass is 9.57. The number of amides is 6. The monoisotopic (exact) mass is 420 g/mol. The molecular weight excluding hydrogens is 388 g/mol. The first-order valence-electron chi connectivity index (χ1n) is 10.6. The summed E-state index contributed by atoms with van der Waals surface area (Å²) in [5, 5.41) is 0. The number of rotatable bonds is 5. The number of carbonyl (C=O) groups excluding carboxylic acids is 4. The number of carbonyl (C=O) groups is 4. The molecule has 10 nitrogen and oxygen atoms in total. The quantitative estimate of drug-likeness (QED) is 0.441. The smallest absolute Gasteiger partial charge is 0.334 e. The Bertz CT molecular complexity index is 774. The highest BCUT2D eigenvalue weighted by atomic mass is 16.2. The highest BCUT2D eigenvalue weighted by Gasteiger charge is 2.52. The van der Waals surface area contributed by atoms with Gasteiger partial charge in [0.25, 0.3) is 11.8 Å². The molecule has 6 N–H and O–H groups in total. The number of hydrogen-bond acceptors (Lipinski definition) is 6. The molecule has 3 aliphatic rings. The maximum Gasteiger partial charge on any atom is 0.334 e. The lowest BCUT2D eigenvalue weighted by molar-refractivity contribution is -0.138. The number of primary amides is 1. The molecule has 0 aromatic carbocycles. The minimum Gasteiger partial charge on any atom is -0.385 e. The predicted octanol–water partition coefficient (Wildman–Crippen LogP) is 0.808. The van der Waals surface area contributed by atoms with Gasteiger partial charge in [0, 0.05) is 25.7 Å². The third-order valence-corrected chi connectivity index (χ3v) is 6.97. The van der Waals surface area contributed by atoms with E-state index in [9.17, 15) is 19.2 Å². The van der Waals surface area contributed by atoms with E-state index in [2.05, 4.69) is 0 Å². The molecule has 1 heterocycles. The van der Waals surface area contributed by atoms with Crippen molar-refractivity contribution in [1.29, 1.82) is 0 Å². The Morgan fingerprint density at radius 2 is 1.70 bits per heavy atom. The first-order valence-corrected chi connectivity index (χ1v) is 10.6. The normalized spacial score (nSPS) is 29.3. The van der Waals surface area contributed by atoms with Gasteiger partial charge in [-0.25, -0.2) is 9.59 Å². The third-order valence-electron chi connectivity index (χ3n) is 6.97. The molecule has 2 saturated carbocycles. The molecule has 0 atom stereocenters. The molecule has 1 aliphatic heterocycles. The number of nitrogens with two attached hydrogens (primary N) is 3. The van der Waals surface area contributed by atoms with Crippen LogP contribution >= 0.6 is 0 Å². The zero-order valence-corrected chi connectivity index (χ0v) is 17.7. The van der Waals surface area contributed by atoms with Gasteiger partial charge in [-0.2, -0.15) is 0 Å². The largest absolute Gasteiger partial charge is 0.385 e. The summed E-state index contributed by atoms with van der Waals surface area (Å²) < 4.78 is 0. The second-order valence-electron chi connectivity index (χ2n) is 8.84. The van der Waals surface area contributed by atoms with Gasteiger partial charge in [-0.3, -0.25) is 19.4 Å². The fourth-order valence-corrected chi connectivity index (χ4v) is 5.01. The topological polar surface area (TPSA) is 156 Å². The standard InChI is InChI=1S/C20H32N6O4/c1-3-4-9-25-16(27)14(15(21)22)17(28)26(19(25)30)12-5-7-20(8-6-12)10-13(11-20)24(2)18(23)29/h12-13H,3-11,21-22H2,1-2H3,(H2,23,29). The van der Waals surface area contributed by atoms with Crippen LogP contribution in [0.2, 0.25) is 0 Å². The number of unbranched alkanes of at least 4 members (excludes halogenated alkanes) is 1. The van der Waals surface area contributed by atoms with Crippen molar-refractivity contribution < 1.29 is 19.2 Å². The van der Waals surface area contributed by atoms with Crippen LogP contribution in [0.15, 0.2) is 11.4 Å². The van der Waals surface area contributed by atoms with E-state index in [1.54, 1.807) is 11.9 Å². The van der Waals surface area contributed by atoms with E-state index in [0.29, 0.717) is 19.3 Å². The molecule has 0 radical (unpaired) electrons. The maximum atomic E-state index is 13.0. The second-order valence-corrected chi connectivity index (χ2v) is 8.84. The first-order chi connectivity index (χ1) is 14.1. The molecule has 3 rings (SSSR count). The van der Waals surface area contributed by atoms with Crippen LogP contribution in [0.5, 0.6) is 0 Å². The van der Waals surface area contributed by atoms with Gasteiger partial charge in [0.1, 0.15) is 11.4 Å². The molecule has 0 aromatic heterocycles. The summed E-state index contributed by atoms with van der Waals surface area (Å²) in [5.41, 5.74) is 16.4. The van der Waals surface area contributed by atoms with Crippen LogP contribution in [0.4, 0.5) is 9.59 Å². The summed E-state index contributed by atoms with van der Waals surface area (Å²) >= 11 is 0. The molecule has 3 fully saturated rings. The van der Waals surface area contributed by atoms with Crippen LogP contribution in [0.25, 0.3) is 0 Å². The van der Waals surface area contributed by atoms with Gasteiger partial charge in [0.05, 0.1) is 0 Å². The van der Waals surface area contributed by atoms with E-state index in [0.717, 1.165) is 37.0 Å². The van der Waals surface area contributed by atoms with Crippen LogP contribution in [-0.4, -0.2) is 64.3 Å². The van der Waals surface area contributed by atoms with E-state index in [4.69, 9.17) is 17.2 Å². The summed E-state index contributed by atoms with van der Waals surface area (Å²) in [7, 11) is 1.71. The van der Waals surface area contributed by atoms with Gasteiger partial charge in [-0.1, -0.05) is 13.3 Å². The molecule has 0 unspecified atom stereocenters. The first kappa shape index (κ1) is 21.9. The van der Waals surface area contributed by atoms with Crippen molar-refractivity contribution in [2.24, 2.45) is 22.6 Å². The highest BCUT2D eigenvalue weighted by Crippen LogP contribution is 2.53. The van der Waals surface area contributed by atoms with Crippen molar-refractivity contribution in [2.75, 3.05) is 13.6 Å². The Hall–Kier alpha value is -2.78. The molecule has 30 heavy (non-hydrogen) atoms. The maximum absolute atomic E-state index is 13.0. The molecule has 1 saturated heterocycles. The Morgan fingerprint density at radius 3 is 2.20 bits per heavy atom. The van der Waals surface area contributed by atoms with Gasteiger partial charge in [0.15, 0.2) is 0 Å². The van der Waals surface area contributed by atoms with E-state index in [1.807, 2.05) is 6.92 Å². The fourth-order valence-electron chi connectivity index (χ4n) is 5.01. The minimum absolute atomic E-state index is 0.121. The zero-order chi connectivity index (χ0) is 22.2. The van der Waals surface area contributed by atoms with Crippen molar-refractivity contribution in [3.63, 3.8) is 0 Å². The molecule has 0 aromatic rings. The lowest BCUT2D eigenvalue weighted by Gasteiger charge is -2.54. The molecular formula is C20H32N6O4. The van der Waals surface area contributed by atoms with Gasteiger partial charge < -0.3 is 22.1 Å². The van der Waals surface area contributed by atoms with Crippen LogP contribution in [0.1, 0.15) is 58.3 Å². The van der Waals surface area contributed by atoms with Crippen molar-refractivity contribution in [2.45, 2.75) is 70.4 Å². The number of hydrogen-bond donors (Lipinski definition) is 3. The number of barbiturate groups is 1. The van der Waals surface area contributed by atoms with Crippen molar-refractivity contribution >= 4 is 23.9 Å². The van der Waals surface area contributed by atoms with Crippen LogP contribution in [0.3, 0.4) is 0 Å². The molecule has 2 aliphatic carbocycles. The number of imide groups is 2. The molecule has 1 spiro atoms. The average Bonchev–Trinajstić information content (AvgIpc) is 2.65. The van der Waals surface area contributed by atoms with Crippen molar-refractivity contribution in [1.82, 2.24) is 14.7 Å². The minimum atomic E-state index is -0.710. The van der Waals surface area contributed by atoms with Gasteiger partial charge >= 0.3 is 12.1 Å². The Morgan fingerprint density at radius 1 is 1.10 bits per heavy atom. The fraction of sp³-hybridized carbons (Fsp3) is 0.700. The van der Waals surface area contributed by atoms with Gasteiger partial charge in [0.2, 0.25) is 0 Å². The lowest BCUT2D eigenvalue weighted by Crippen LogP contribution is -2.62. The van der Waals surface area contributed by atoms with Crippen molar-refractivity contribution in [3.8, 4) is 0 Å². The highest BCUT2D eigenvalue weighted by molar-refractivity contribution is 6.29. The Kier molecular flexibility index (Phi) is 5.96. The van der Waals surface area contributed by atoms with E-state index >= 15 is 0 Å². The van der Waals surface area contributed by atoms with Gasteiger partial charge in [-0.05, 0) is 50.4 Å². The van der Waals surface area contributed by atoms with Crippen LogP contribution in [-0.2, 0) is 9.59 Å². The Labute approximate surface area is 176 Å². The molecule has 0 bridgehead atoms. The van der Waals surface area contributed by atoms with E-state index in [-0.39, 0.29) is 35.4 Å². The average molecular weight is 421 g/mol. The third kappa shape index (κ3) is 3.70. The Balaban J connectivity index is 1.71. The van der Waals surface area contributed by atoms with Crippen LogP contribution in [0, 0.1) is 5.41 Å². The molecule has 166 valence electrons. The number of nitrogens with zero attached hydrogens (tertiary/aromatic N) is 3. The van der Waals surface area contributed by atoms with Gasteiger partial charge in [-0.15, -0.1) is 0 Å². The van der Waals surface area contributed by atoms with Crippen LogP contribution < -0.4 is 17.2 Å².